The van der Waals surface area contributed by atoms with E-state index in [0.29, 0.717) is 22.5 Å². The minimum atomic E-state index is 0.0231. The van der Waals surface area contributed by atoms with Crippen LogP contribution in [0.3, 0.4) is 0 Å². The van der Waals surface area contributed by atoms with Crippen LogP contribution in [-0.2, 0) is 4.79 Å². The van der Waals surface area contributed by atoms with Crippen LogP contribution in [0.5, 0.6) is 0 Å². The Balaban J connectivity index is 2.28. The van der Waals surface area contributed by atoms with Crippen LogP contribution in [0.15, 0.2) is 0 Å². The van der Waals surface area contributed by atoms with E-state index >= 15 is 0 Å². The molecule has 0 N–H and O–H groups in total. The van der Waals surface area contributed by atoms with Gasteiger partial charge < -0.3 is 0 Å². The third kappa shape index (κ3) is 2.61. The zero-order valence-corrected chi connectivity index (χ0v) is 11.8. The Morgan fingerprint density at radius 2 is 2.11 bits per heavy atom. The molecule has 0 saturated heterocycles. The number of thiazole rings is 1. The lowest BCUT2D eigenvalue weighted by Gasteiger charge is -2.18. The molecule has 4 nitrogen and oxygen atoms in total. The van der Waals surface area contributed by atoms with E-state index in [2.05, 4.69) is 4.98 Å². The molecule has 1 fully saturated rings. The zero-order chi connectivity index (χ0) is 13.3. The van der Waals surface area contributed by atoms with Crippen LogP contribution < -0.4 is 4.90 Å². The Labute approximate surface area is 111 Å². The van der Waals surface area contributed by atoms with E-state index in [1.807, 2.05) is 13.8 Å². The van der Waals surface area contributed by atoms with E-state index in [1.54, 1.807) is 11.8 Å². The van der Waals surface area contributed by atoms with Gasteiger partial charge in [-0.05, 0) is 26.2 Å². The maximum Gasteiger partial charge on any atom is 0.229 e. The molecule has 2 rings (SSSR count). The number of anilines is 1. The molecule has 1 aromatic rings. The number of hydrogen-bond acceptors (Lipinski definition) is 4. The summed E-state index contributed by atoms with van der Waals surface area (Å²) in [4.78, 5) is 30.4. The first-order chi connectivity index (χ1) is 8.54. The zero-order valence-electron chi connectivity index (χ0n) is 11.0. The molecule has 18 heavy (non-hydrogen) atoms. The van der Waals surface area contributed by atoms with E-state index in [9.17, 15) is 9.59 Å². The smallest absolute Gasteiger partial charge is 0.229 e. The number of aromatic nitrogens is 1. The molecule has 1 aliphatic carbocycles. The van der Waals surface area contributed by atoms with Gasteiger partial charge in [-0.2, -0.15) is 0 Å². The quantitative estimate of drug-likeness (QED) is 0.770. The van der Waals surface area contributed by atoms with Crippen molar-refractivity contribution in [3.63, 3.8) is 0 Å². The summed E-state index contributed by atoms with van der Waals surface area (Å²) in [5.74, 6) is 0.152. The van der Waals surface area contributed by atoms with Crippen LogP contribution in [0.4, 0.5) is 5.13 Å². The average Bonchev–Trinajstić information content (AvgIpc) is 3.02. The Morgan fingerprint density at radius 3 is 2.56 bits per heavy atom. The molecular weight excluding hydrogens is 248 g/mol. The molecule has 5 heteroatoms. The topological polar surface area (TPSA) is 50.3 Å². The highest BCUT2D eigenvalue weighted by atomic mass is 32.1. The first-order valence-electron chi connectivity index (χ1n) is 6.35. The van der Waals surface area contributed by atoms with E-state index in [-0.39, 0.29) is 11.7 Å². The second-order valence-electron chi connectivity index (χ2n) is 4.71. The Bertz CT molecular complexity index is 477. The van der Waals surface area contributed by atoms with Gasteiger partial charge in [0.15, 0.2) is 10.9 Å². The number of Topliss-reactive ketones (excluding diaryl/α,β-unsaturated/α-hetero) is 1. The molecule has 0 aromatic carbocycles. The fourth-order valence-corrected chi connectivity index (χ4v) is 3.00. The standard InChI is InChI=1S/C13H18N2O2S/c1-4-5-11(17)15(10-6-7-10)13-14-8(2)12(18-13)9(3)16/h10H,4-7H2,1-3H3. The number of ketones is 1. The van der Waals surface area contributed by atoms with Gasteiger partial charge in [-0.1, -0.05) is 18.3 Å². The van der Waals surface area contributed by atoms with Crippen LogP contribution in [0.1, 0.15) is 54.9 Å². The van der Waals surface area contributed by atoms with E-state index in [4.69, 9.17) is 0 Å². The van der Waals surface area contributed by atoms with Gasteiger partial charge in [0.05, 0.1) is 10.6 Å². The lowest BCUT2D eigenvalue weighted by Crippen LogP contribution is -2.32. The fourth-order valence-electron chi connectivity index (χ4n) is 1.95. The summed E-state index contributed by atoms with van der Waals surface area (Å²) in [6.45, 7) is 5.36. The maximum absolute atomic E-state index is 12.1. The number of rotatable bonds is 5. The Morgan fingerprint density at radius 1 is 1.44 bits per heavy atom. The molecule has 1 aromatic heterocycles. The lowest BCUT2D eigenvalue weighted by molar-refractivity contribution is -0.118. The van der Waals surface area contributed by atoms with Gasteiger partial charge in [-0.25, -0.2) is 4.98 Å². The number of nitrogens with zero attached hydrogens (tertiary/aromatic N) is 2. The third-order valence-electron chi connectivity index (χ3n) is 2.96. The molecule has 0 bridgehead atoms. The predicted molar refractivity (Wildman–Crippen MR) is 72.3 cm³/mol. The van der Waals surface area contributed by atoms with Crippen LogP contribution >= 0.6 is 11.3 Å². The van der Waals surface area contributed by atoms with E-state index in [0.717, 1.165) is 25.0 Å². The average molecular weight is 266 g/mol. The van der Waals surface area contributed by atoms with Crippen molar-refractivity contribution in [3.05, 3.63) is 10.6 Å². The van der Waals surface area contributed by atoms with Gasteiger partial charge in [0.1, 0.15) is 0 Å². The van der Waals surface area contributed by atoms with Crippen LogP contribution in [0, 0.1) is 6.92 Å². The minimum absolute atomic E-state index is 0.0231. The number of carbonyl (C=O) groups is 2. The maximum atomic E-state index is 12.1. The highest BCUT2D eigenvalue weighted by Crippen LogP contribution is 2.36. The number of amides is 1. The summed E-state index contributed by atoms with van der Waals surface area (Å²) >= 11 is 1.34. The summed E-state index contributed by atoms with van der Waals surface area (Å²) in [6, 6.07) is 0.300. The van der Waals surface area contributed by atoms with Crippen molar-refractivity contribution >= 4 is 28.2 Å². The van der Waals surface area contributed by atoms with Gasteiger partial charge in [0, 0.05) is 19.4 Å². The Kier molecular flexibility index (Phi) is 3.80. The first-order valence-corrected chi connectivity index (χ1v) is 7.16. The molecule has 1 amide bonds. The van der Waals surface area contributed by atoms with Crippen molar-refractivity contribution in [2.24, 2.45) is 0 Å². The monoisotopic (exact) mass is 266 g/mol. The SMILES string of the molecule is CCCC(=O)N(c1nc(C)c(C(C)=O)s1)C1CC1. The normalized spacial score (nSPS) is 14.6. The second-order valence-corrected chi connectivity index (χ2v) is 5.69. The molecular formula is C13H18N2O2S. The molecule has 0 radical (unpaired) electrons. The van der Waals surface area contributed by atoms with Crippen LogP contribution in [-0.4, -0.2) is 22.7 Å². The highest BCUT2D eigenvalue weighted by molar-refractivity contribution is 7.17. The highest BCUT2D eigenvalue weighted by Gasteiger charge is 2.35. The van der Waals surface area contributed by atoms with Gasteiger partial charge in [0.2, 0.25) is 5.91 Å². The van der Waals surface area contributed by atoms with Crippen molar-refractivity contribution in [3.8, 4) is 0 Å². The minimum Gasteiger partial charge on any atom is -0.294 e. The molecule has 0 unspecified atom stereocenters. The fraction of sp³-hybridized carbons (Fsp3) is 0.615. The summed E-state index contributed by atoms with van der Waals surface area (Å²) in [5, 5.41) is 0.693. The van der Waals surface area contributed by atoms with Gasteiger partial charge in [-0.15, -0.1) is 0 Å². The lowest BCUT2D eigenvalue weighted by atomic mass is 10.3. The summed E-state index contributed by atoms with van der Waals surface area (Å²) in [6.07, 6.45) is 3.48. The Hall–Kier alpha value is -1.23. The number of aryl methyl sites for hydroxylation is 1. The number of hydrogen-bond donors (Lipinski definition) is 0. The second kappa shape index (κ2) is 5.18. The van der Waals surface area contributed by atoms with Crippen molar-refractivity contribution in [2.75, 3.05) is 4.90 Å². The van der Waals surface area contributed by atoms with Gasteiger partial charge in [0.25, 0.3) is 0 Å². The molecule has 1 saturated carbocycles. The summed E-state index contributed by atoms with van der Waals surface area (Å²) in [5.41, 5.74) is 0.734. The number of carbonyl (C=O) groups excluding carboxylic acids is 2. The van der Waals surface area contributed by atoms with Crippen molar-refractivity contribution < 1.29 is 9.59 Å². The summed E-state index contributed by atoms with van der Waals surface area (Å²) in [7, 11) is 0. The first kappa shape index (κ1) is 13.2. The molecule has 1 aliphatic rings. The van der Waals surface area contributed by atoms with Crippen LogP contribution in [0.25, 0.3) is 0 Å². The summed E-state index contributed by atoms with van der Waals surface area (Å²) < 4.78 is 0. The molecule has 0 aliphatic heterocycles. The van der Waals surface area contributed by atoms with Gasteiger partial charge in [-0.3, -0.25) is 14.5 Å². The van der Waals surface area contributed by atoms with Crippen molar-refractivity contribution in [1.29, 1.82) is 0 Å². The van der Waals surface area contributed by atoms with Gasteiger partial charge >= 0.3 is 0 Å². The molecule has 1 heterocycles. The van der Waals surface area contributed by atoms with Crippen LogP contribution in [0.2, 0.25) is 0 Å². The van der Waals surface area contributed by atoms with Crippen molar-refractivity contribution in [1.82, 2.24) is 4.98 Å². The molecule has 0 spiro atoms. The van der Waals surface area contributed by atoms with E-state index < -0.39 is 0 Å². The molecule has 98 valence electrons. The molecule has 0 atom stereocenters. The third-order valence-corrected chi connectivity index (χ3v) is 4.21. The van der Waals surface area contributed by atoms with Crippen molar-refractivity contribution in [2.45, 2.75) is 52.5 Å². The largest absolute Gasteiger partial charge is 0.294 e. The van der Waals surface area contributed by atoms with E-state index in [1.165, 1.54) is 11.3 Å². The predicted octanol–water partition coefficient (Wildman–Crippen LogP) is 2.95.